The third-order valence-electron chi connectivity index (χ3n) is 4.66. The van der Waals surface area contributed by atoms with Crippen molar-refractivity contribution < 1.29 is 14.7 Å². The van der Waals surface area contributed by atoms with E-state index in [-0.39, 0.29) is 30.8 Å². The molecule has 0 saturated carbocycles. The van der Waals surface area contributed by atoms with Crippen LogP contribution in [0, 0.1) is 11.3 Å². The first-order chi connectivity index (χ1) is 9.90. The summed E-state index contributed by atoms with van der Waals surface area (Å²) in [5, 5.41) is 9.65. The van der Waals surface area contributed by atoms with Crippen LogP contribution in [-0.4, -0.2) is 34.5 Å². The van der Waals surface area contributed by atoms with Crippen LogP contribution in [0.2, 0.25) is 0 Å². The second-order valence-corrected chi connectivity index (χ2v) is 6.34. The van der Waals surface area contributed by atoms with Crippen molar-refractivity contribution in [2.24, 2.45) is 11.3 Å². The molecule has 2 rings (SSSR count). The Labute approximate surface area is 125 Å². The number of likely N-dealkylation sites (tertiary alicyclic amines) is 1. The summed E-state index contributed by atoms with van der Waals surface area (Å²) in [5.74, 6) is -0.237. The number of benzene rings is 1. The fraction of sp³-hybridized carbons (Fsp3) is 0.529. The highest BCUT2D eigenvalue weighted by Crippen LogP contribution is 2.40. The number of hydrogen-bond donors (Lipinski definition) is 1. The number of nitrogens with zero attached hydrogens (tertiary/aromatic N) is 1. The second-order valence-electron chi connectivity index (χ2n) is 6.34. The maximum absolute atomic E-state index is 12.7. The Morgan fingerprint density at radius 3 is 2.33 bits per heavy atom. The van der Waals surface area contributed by atoms with E-state index in [0.29, 0.717) is 6.42 Å². The Hall–Kier alpha value is -1.68. The van der Waals surface area contributed by atoms with E-state index in [1.165, 1.54) is 4.90 Å². The molecule has 2 atom stereocenters. The van der Waals surface area contributed by atoms with Crippen LogP contribution in [0.15, 0.2) is 30.3 Å². The molecule has 4 heteroatoms. The van der Waals surface area contributed by atoms with E-state index in [4.69, 9.17) is 0 Å². The van der Waals surface area contributed by atoms with Crippen molar-refractivity contribution >= 4 is 11.8 Å². The monoisotopic (exact) mass is 289 g/mol. The lowest BCUT2D eigenvalue weighted by atomic mass is 9.78. The van der Waals surface area contributed by atoms with Gasteiger partial charge in [0, 0.05) is 6.42 Å². The SMILES string of the molecule is CC(C)C1(C)CC(=O)N(C(CO)Cc2ccccc2)C1=O. The van der Waals surface area contributed by atoms with Crippen LogP contribution in [0.4, 0.5) is 0 Å². The fourth-order valence-electron chi connectivity index (χ4n) is 2.81. The highest BCUT2D eigenvalue weighted by atomic mass is 16.3. The molecule has 0 aliphatic carbocycles. The van der Waals surface area contributed by atoms with Crippen molar-refractivity contribution in [1.29, 1.82) is 0 Å². The first-order valence-electron chi connectivity index (χ1n) is 7.41. The molecule has 2 unspecified atom stereocenters. The van der Waals surface area contributed by atoms with Gasteiger partial charge >= 0.3 is 0 Å². The first-order valence-corrected chi connectivity index (χ1v) is 7.41. The van der Waals surface area contributed by atoms with Gasteiger partial charge in [0.15, 0.2) is 0 Å². The topological polar surface area (TPSA) is 57.6 Å². The van der Waals surface area contributed by atoms with E-state index in [9.17, 15) is 14.7 Å². The molecule has 1 aliphatic heterocycles. The van der Waals surface area contributed by atoms with Crippen molar-refractivity contribution in [2.75, 3.05) is 6.61 Å². The maximum atomic E-state index is 12.7. The molecule has 0 radical (unpaired) electrons. The number of imide groups is 1. The zero-order chi connectivity index (χ0) is 15.6. The number of carbonyl (C=O) groups excluding carboxylic acids is 2. The number of carbonyl (C=O) groups is 2. The highest BCUT2D eigenvalue weighted by Gasteiger charge is 2.51. The quantitative estimate of drug-likeness (QED) is 0.844. The number of rotatable bonds is 5. The van der Waals surface area contributed by atoms with Crippen LogP contribution in [0.25, 0.3) is 0 Å². The number of amides is 2. The summed E-state index contributed by atoms with van der Waals surface area (Å²) >= 11 is 0. The Morgan fingerprint density at radius 2 is 1.86 bits per heavy atom. The molecule has 1 saturated heterocycles. The van der Waals surface area contributed by atoms with E-state index in [0.717, 1.165) is 5.56 Å². The number of aliphatic hydroxyl groups is 1. The van der Waals surface area contributed by atoms with Gasteiger partial charge in [0.1, 0.15) is 0 Å². The van der Waals surface area contributed by atoms with Gasteiger partial charge in [0.05, 0.1) is 18.1 Å². The number of aliphatic hydroxyl groups excluding tert-OH is 1. The van der Waals surface area contributed by atoms with Gasteiger partial charge in [-0.2, -0.15) is 0 Å². The summed E-state index contributed by atoms with van der Waals surface area (Å²) in [6, 6.07) is 9.14. The molecule has 1 heterocycles. The average Bonchev–Trinajstić information content (AvgIpc) is 2.69. The minimum absolute atomic E-state index is 0.0926. The second kappa shape index (κ2) is 5.98. The predicted molar refractivity (Wildman–Crippen MR) is 80.4 cm³/mol. The summed E-state index contributed by atoms with van der Waals surface area (Å²) in [4.78, 5) is 26.2. The summed E-state index contributed by atoms with van der Waals surface area (Å²) in [5.41, 5.74) is 0.358. The molecular formula is C17H23NO3. The molecule has 1 aromatic carbocycles. The van der Waals surface area contributed by atoms with Crippen molar-refractivity contribution in [3.63, 3.8) is 0 Å². The summed E-state index contributed by atoms with van der Waals surface area (Å²) in [7, 11) is 0. The molecule has 1 aliphatic rings. The van der Waals surface area contributed by atoms with Crippen LogP contribution >= 0.6 is 0 Å². The molecule has 114 valence electrons. The van der Waals surface area contributed by atoms with E-state index in [2.05, 4.69) is 0 Å². The Bertz CT molecular complexity index is 526. The largest absolute Gasteiger partial charge is 0.394 e. The van der Waals surface area contributed by atoms with Crippen LogP contribution in [0.1, 0.15) is 32.8 Å². The molecule has 0 bridgehead atoms. The molecule has 1 N–H and O–H groups in total. The minimum atomic E-state index is -0.652. The van der Waals surface area contributed by atoms with E-state index in [1.54, 1.807) is 0 Å². The summed E-state index contributed by atoms with van der Waals surface area (Å²) in [6.07, 6.45) is 0.720. The van der Waals surface area contributed by atoms with Gasteiger partial charge in [0.25, 0.3) is 0 Å². The molecular weight excluding hydrogens is 266 g/mol. The Kier molecular flexibility index (Phi) is 4.47. The van der Waals surface area contributed by atoms with Crippen LogP contribution < -0.4 is 0 Å². The van der Waals surface area contributed by atoms with Crippen molar-refractivity contribution in [2.45, 2.75) is 39.7 Å². The first kappa shape index (κ1) is 15.7. The van der Waals surface area contributed by atoms with Gasteiger partial charge in [0.2, 0.25) is 11.8 Å². The van der Waals surface area contributed by atoms with Gasteiger partial charge in [-0.15, -0.1) is 0 Å². The molecule has 0 aromatic heterocycles. The van der Waals surface area contributed by atoms with Gasteiger partial charge in [-0.3, -0.25) is 14.5 Å². The molecule has 4 nitrogen and oxygen atoms in total. The smallest absolute Gasteiger partial charge is 0.236 e. The Balaban J connectivity index is 2.22. The van der Waals surface area contributed by atoms with Gasteiger partial charge < -0.3 is 5.11 Å². The lowest BCUT2D eigenvalue weighted by molar-refractivity contribution is -0.145. The van der Waals surface area contributed by atoms with Crippen LogP contribution in [0.3, 0.4) is 0 Å². The van der Waals surface area contributed by atoms with E-state index >= 15 is 0 Å². The molecule has 1 aromatic rings. The minimum Gasteiger partial charge on any atom is -0.394 e. The zero-order valence-electron chi connectivity index (χ0n) is 12.9. The molecule has 2 amide bonds. The predicted octanol–water partition coefficient (Wildman–Crippen LogP) is 2.01. The molecule has 0 spiro atoms. The van der Waals surface area contributed by atoms with E-state index < -0.39 is 11.5 Å². The standard InChI is InChI=1S/C17H23NO3/c1-12(2)17(3)10-15(20)18(16(17)21)14(11-19)9-13-7-5-4-6-8-13/h4-8,12,14,19H,9-11H2,1-3H3. The fourth-order valence-corrected chi connectivity index (χ4v) is 2.81. The van der Waals surface area contributed by atoms with Crippen molar-refractivity contribution in [3.05, 3.63) is 35.9 Å². The third kappa shape index (κ3) is 2.86. The normalized spacial score (nSPS) is 24.0. The average molecular weight is 289 g/mol. The third-order valence-corrected chi connectivity index (χ3v) is 4.66. The van der Waals surface area contributed by atoms with Gasteiger partial charge in [-0.1, -0.05) is 44.2 Å². The van der Waals surface area contributed by atoms with Crippen molar-refractivity contribution in [1.82, 2.24) is 4.90 Å². The summed E-state index contributed by atoms with van der Waals surface area (Å²) < 4.78 is 0. The maximum Gasteiger partial charge on any atom is 0.236 e. The lowest BCUT2D eigenvalue weighted by Crippen LogP contribution is -2.46. The molecule has 1 fully saturated rings. The zero-order valence-corrected chi connectivity index (χ0v) is 12.9. The Morgan fingerprint density at radius 1 is 1.24 bits per heavy atom. The van der Waals surface area contributed by atoms with Crippen molar-refractivity contribution in [3.8, 4) is 0 Å². The van der Waals surface area contributed by atoms with Crippen LogP contribution in [-0.2, 0) is 16.0 Å². The van der Waals surface area contributed by atoms with E-state index in [1.807, 2.05) is 51.1 Å². The summed E-state index contributed by atoms with van der Waals surface area (Å²) in [6.45, 7) is 5.55. The van der Waals surface area contributed by atoms with Gasteiger partial charge in [-0.05, 0) is 24.8 Å². The number of hydrogen-bond acceptors (Lipinski definition) is 3. The lowest BCUT2D eigenvalue weighted by Gasteiger charge is -2.29. The van der Waals surface area contributed by atoms with Crippen LogP contribution in [0.5, 0.6) is 0 Å². The van der Waals surface area contributed by atoms with Gasteiger partial charge in [-0.25, -0.2) is 0 Å². The highest BCUT2D eigenvalue weighted by molar-refractivity contribution is 6.06. The molecule has 21 heavy (non-hydrogen) atoms.